The van der Waals surface area contributed by atoms with Crippen molar-refractivity contribution < 1.29 is 19.7 Å². The Morgan fingerprint density at radius 2 is 2.00 bits per heavy atom. The van der Waals surface area contributed by atoms with E-state index in [2.05, 4.69) is 0 Å². The van der Waals surface area contributed by atoms with E-state index in [0.29, 0.717) is 12.2 Å². The highest BCUT2D eigenvalue weighted by molar-refractivity contribution is 6.03. The van der Waals surface area contributed by atoms with E-state index in [9.17, 15) is 15.0 Å². The molecule has 0 atom stereocenters. The largest absolute Gasteiger partial charge is 0.508 e. The molecule has 0 radical (unpaired) electrons. The number of ether oxygens (including phenoxy) is 1. The molecule has 2 aliphatic rings. The Balaban J connectivity index is 2.11. The average molecular weight is 220 g/mol. The van der Waals surface area contributed by atoms with Crippen molar-refractivity contribution in [1.82, 2.24) is 0 Å². The second kappa shape index (κ2) is 2.90. The van der Waals surface area contributed by atoms with Crippen LogP contribution in [0, 0.1) is 0 Å². The smallest absolute Gasteiger partial charge is 0.174 e. The van der Waals surface area contributed by atoms with Gasteiger partial charge in [-0.15, -0.1) is 0 Å². The normalized spacial score (nSPS) is 21.1. The van der Waals surface area contributed by atoms with Crippen LogP contribution in [0.1, 0.15) is 36.0 Å². The van der Waals surface area contributed by atoms with E-state index in [-0.39, 0.29) is 28.4 Å². The van der Waals surface area contributed by atoms with Crippen LogP contribution in [-0.2, 0) is 0 Å². The Hall–Kier alpha value is -1.71. The van der Waals surface area contributed by atoms with Crippen LogP contribution in [0.4, 0.5) is 0 Å². The van der Waals surface area contributed by atoms with Gasteiger partial charge in [0.05, 0.1) is 6.42 Å². The third-order valence-corrected chi connectivity index (χ3v) is 3.42. The van der Waals surface area contributed by atoms with Crippen molar-refractivity contribution in [2.45, 2.75) is 31.3 Å². The maximum Gasteiger partial charge on any atom is 0.174 e. The van der Waals surface area contributed by atoms with E-state index in [1.54, 1.807) is 0 Å². The summed E-state index contributed by atoms with van der Waals surface area (Å²) in [5.41, 5.74) is -0.167. The molecular weight excluding hydrogens is 208 g/mol. The minimum absolute atomic E-state index is 0.0829. The van der Waals surface area contributed by atoms with Crippen molar-refractivity contribution in [3.8, 4) is 17.2 Å². The molecule has 1 fully saturated rings. The number of fused-ring (bicyclic) bond motifs is 1. The lowest BCUT2D eigenvalue weighted by Crippen LogP contribution is -2.47. The molecule has 4 heteroatoms. The highest BCUT2D eigenvalue weighted by Gasteiger charge is 2.46. The molecule has 1 aromatic carbocycles. The summed E-state index contributed by atoms with van der Waals surface area (Å²) >= 11 is 0. The van der Waals surface area contributed by atoms with E-state index in [1.807, 2.05) is 0 Å². The molecule has 1 aliphatic carbocycles. The van der Waals surface area contributed by atoms with Gasteiger partial charge in [0.1, 0.15) is 28.4 Å². The van der Waals surface area contributed by atoms with Gasteiger partial charge in [-0.25, -0.2) is 0 Å². The molecule has 0 aromatic heterocycles. The summed E-state index contributed by atoms with van der Waals surface area (Å²) in [6, 6.07) is 2.56. The maximum absolute atomic E-state index is 11.9. The van der Waals surface area contributed by atoms with Gasteiger partial charge in [-0.05, 0) is 19.3 Å². The van der Waals surface area contributed by atoms with Crippen LogP contribution in [0.15, 0.2) is 12.1 Å². The number of phenolic OH excluding ortho intramolecular Hbond substituents is 2. The van der Waals surface area contributed by atoms with Crippen LogP contribution in [0.2, 0.25) is 0 Å². The first kappa shape index (κ1) is 9.51. The molecule has 16 heavy (non-hydrogen) atoms. The molecule has 1 aromatic rings. The summed E-state index contributed by atoms with van der Waals surface area (Å²) in [5, 5.41) is 19.0. The van der Waals surface area contributed by atoms with E-state index < -0.39 is 0 Å². The number of hydrogen-bond acceptors (Lipinski definition) is 4. The Morgan fingerprint density at radius 1 is 1.25 bits per heavy atom. The lowest BCUT2D eigenvalue weighted by atomic mass is 9.74. The van der Waals surface area contributed by atoms with Crippen LogP contribution < -0.4 is 4.74 Å². The first-order valence-corrected chi connectivity index (χ1v) is 5.38. The molecule has 4 nitrogen and oxygen atoms in total. The fourth-order valence-electron chi connectivity index (χ4n) is 2.45. The molecule has 0 saturated heterocycles. The van der Waals surface area contributed by atoms with Gasteiger partial charge in [0, 0.05) is 12.1 Å². The van der Waals surface area contributed by atoms with Crippen LogP contribution in [0.3, 0.4) is 0 Å². The topological polar surface area (TPSA) is 66.8 Å². The number of Topliss-reactive ketones (excluding diaryl/α,β-unsaturated/α-hetero) is 1. The van der Waals surface area contributed by atoms with Crippen molar-refractivity contribution in [2.75, 3.05) is 0 Å². The van der Waals surface area contributed by atoms with Gasteiger partial charge in [0.15, 0.2) is 5.78 Å². The zero-order chi connectivity index (χ0) is 11.3. The van der Waals surface area contributed by atoms with Crippen LogP contribution in [0.25, 0.3) is 0 Å². The highest BCUT2D eigenvalue weighted by atomic mass is 16.5. The molecule has 0 bridgehead atoms. The van der Waals surface area contributed by atoms with Gasteiger partial charge in [0.2, 0.25) is 0 Å². The standard InChI is InChI=1S/C12H12O4/c13-7-4-8(14)11-9(15)6-12(2-1-3-12)16-10(11)5-7/h4-5,13-14H,1-3,6H2. The van der Waals surface area contributed by atoms with Gasteiger partial charge < -0.3 is 14.9 Å². The third kappa shape index (κ3) is 1.19. The summed E-state index contributed by atoms with van der Waals surface area (Å²) in [5.74, 6) is -0.0681. The maximum atomic E-state index is 11.9. The number of hydrogen-bond donors (Lipinski definition) is 2. The summed E-state index contributed by atoms with van der Waals surface area (Å²) in [6.45, 7) is 0. The van der Waals surface area contributed by atoms with Crippen molar-refractivity contribution in [3.63, 3.8) is 0 Å². The predicted octanol–water partition coefficient (Wildman–Crippen LogP) is 1.99. The average Bonchev–Trinajstić information content (AvgIpc) is 2.13. The first-order chi connectivity index (χ1) is 7.60. The molecule has 0 amide bonds. The summed E-state index contributed by atoms with van der Waals surface area (Å²) in [6.07, 6.45) is 3.13. The monoisotopic (exact) mass is 220 g/mol. The van der Waals surface area contributed by atoms with E-state index in [0.717, 1.165) is 19.3 Å². The zero-order valence-corrected chi connectivity index (χ0v) is 8.69. The quantitative estimate of drug-likeness (QED) is 0.701. The van der Waals surface area contributed by atoms with Crippen molar-refractivity contribution in [2.24, 2.45) is 0 Å². The Kier molecular flexibility index (Phi) is 1.73. The molecule has 84 valence electrons. The van der Waals surface area contributed by atoms with Gasteiger partial charge in [0.25, 0.3) is 0 Å². The van der Waals surface area contributed by atoms with E-state index in [4.69, 9.17) is 4.74 Å². The fraction of sp³-hybridized carbons (Fsp3) is 0.417. The minimum atomic E-state index is -0.371. The molecule has 1 aliphatic heterocycles. The van der Waals surface area contributed by atoms with Crippen LogP contribution in [0.5, 0.6) is 17.2 Å². The van der Waals surface area contributed by atoms with Crippen molar-refractivity contribution in [1.29, 1.82) is 0 Å². The van der Waals surface area contributed by atoms with Gasteiger partial charge in [-0.1, -0.05) is 0 Å². The fourth-order valence-corrected chi connectivity index (χ4v) is 2.45. The molecule has 1 spiro atoms. The molecule has 1 saturated carbocycles. The lowest BCUT2D eigenvalue weighted by molar-refractivity contribution is -0.0181. The second-order valence-electron chi connectivity index (χ2n) is 4.58. The zero-order valence-electron chi connectivity index (χ0n) is 8.69. The Labute approximate surface area is 92.5 Å². The number of carbonyl (C=O) groups is 1. The predicted molar refractivity (Wildman–Crippen MR) is 55.9 cm³/mol. The summed E-state index contributed by atoms with van der Waals surface area (Å²) < 4.78 is 5.75. The molecule has 0 unspecified atom stereocenters. The van der Waals surface area contributed by atoms with Crippen LogP contribution >= 0.6 is 0 Å². The first-order valence-electron chi connectivity index (χ1n) is 5.38. The Morgan fingerprint density at radius 3 is 2.62 bits per heavy atom. The molecule has 2 N–H and O–H groups in total. The summed E-state index contributed by atoms with van der Waals surface area (Å²) in [4.78, 5) is 11.9. The SMILES string of the molecule is O=C1CC2(CCC2)Oc2cc(O)cc(O)c21. The number of rotatable bonds is 0. The highest BCUT2D eigenvalue weighted by Crippen LogP contribution is 2.47. The number of aromatic hydroxyl groups is 2. The Bertz CT molecular complexity index is 474. The van der Waals surface area contributed by atoms with Gasteiger partial charge in [-0.2, -0.15) is 0 Å². The van der Waals surface area contributed by atoms with Crippen molar-refractivity contribution in [3.05, 3.63) is 17.7 Å². The van der Waals surface area contributed by atoms with Gasteiger partial charge in [-0.3, -0.25) is 4.79 Å². The number of ketones is 1. The molecule has 1 heterocycles. The second-order valence-corrected chi connectivity index (χ2v) is 4.58. The van der Waals surface area contributed by atoms with Gasteiger partial charge >= 0.3 is 0 Å². The van der Waals surface area contributed by atoms with E-state index >= 15 is 0 Å². The minimum Gasteiger partial charge on any atom is -0.508 e. The van der Waals surface area contributed by atoms with E-state index in [1.165, 1.54) is 12.1 Å². The molecular formula is C12H12O4. The number of carbonyl (C=O) groups excluding carboxylic acids is 1. The third-order valence-electron chi connectivity index (χ3n) is 3.42. The molecule has 3 rings (SSSR count). The van der Waals surface area contributed by atoms with Crippen LogP contribution in [-0.4, -0.2) is 21.6 Å². The van der Waals surface area contributed by atoms with Crippen molar-refractivity contribution >= 4 is 5.78 Å². The summed E-state index contributed by atoms with van der Waals surface area (Å²) in [7, 11) is 0. The number of phenols is 2. The number of benzene rings is 1. The lowest BCUT2D eigenvalue weighted by Gasteiger charge is -2.44.